The summed E-state index contributed by atoms with van der Waals surface area (Å²) < 4.78 is 5.69. The van der Waals surface area contributed by atoms with Gasteiger partial charge in [0.2, 0.25) is 0 Å². The first-order valence-electron chi connectivity index (χ1n) is 5.64. The van der Waals surface area contributed by atoms with Crippen LogP contribution in [0.25, 0.3) is 0 Å². The van der Waals surface area contributed by atoms with E-state index < -0.39 is 0 Å². The lowest BCUT2D eigenvalue weighted by Gasteiger charge is -2.18. The second kappa shape index (κ2) is 6.71. The standard InChI is InChI=1S/C12H19ClN2O/c1-4-15(5-2)6-7-16-11-8-12(13)14-9-10(11)3/h8-9H,4-7H2,1-3H3. The number of hydrogen-bond donors (Lipinski definition) is 0. The van der Waals surface area contributed by atoms with E-state index in [-0.39, 0.29) is 0 Å². The monoisotopic (exact) mass is 242 g/mol. The van der Waals surface area contributed by atoms with Gasteiger partial charge in [0.25, 0.3) is 0 Å². The Morgan fingerprint density at radius 3 is 2.69 bits per heavy atom. The molecular formula is C12H19ClN2O. The van der Waals surface area contributed by atoms with Crippen molar-refractivity contribution in [3.05, 3.63) is 23.0 Å². The van der Waals surface area contributed by atoms with Gasteiger partial charge >= 0.3 is 0 Å². The van der Waals surface area contributed by atoms with Gasteiger partial charge in [-0.25, -0.2) is 4.98 Å². The Bertz CT molecular complexity index is 327. The Labute approximate surface area is 102 Å². The maximum Gasteiger partial charge on any atom is 0.132 e. The van der Waals surface area contributed by atoms with Crippen LogP contribution >= 0.6 is 11.6 Å². The SMILES string of the molecule is CCN(CC)CCOc1cc(Cl)ncc1C. The molecule has 0 saturated carbocycles. The van der Waals surface area contributed by atoms with Crippen molar-refractivity contribution in [2.24, 2.45) is 0 Å². The third-order valence-electron chi connectivity index (χ3n) is 2.58. The summed E-state index contributed by atoms with van der Waals surface area (Å²) in [6.07, 6.45) is 1.73. The van der Waals surface area contributed by atoms with E-state index in [9.17, 15) is 0 Å². The quantitative estimate of drug-likeness (QED) is 0.718. The molecule has 0 bridgehead atoms. The molecule has 0 amide bonds. The lowest BCUT2D eigenvalue weighted by atomic mass is 10.3. The molecule has 0 aliphatic rings. The average Bonchev–Trinajstić information content (AvgIpc) is 2.29. The van der Waals surface area contributed by atoms with Gasteiger partial charge in [0.1, 0.15) is 17.5 Å². The number of nitrogens with zero attached hydrogens (tertiary/aromatic N) is 2. The van der Waals surface area contributed by atoms with E-state index in [1.807, 2.05) is 6.92 Å². The van der Waals surface area contributed by atoms with Crippen molar-refractivity contribution in [2.75, 3.05) is 26.2 Å². The van der Waals surface area contributed by atoms with Gasteiger partial charge in [0, 0.05) is 24.4 Å². The van der Waals surface area contributed by atoms with Crippen LogP contribution in [0, 0.1) is 6.92 Å². The Hall–Kier alpha value is -0.800. The zero-order valence-electron chi connectivity index (χ0n) is 10.2. The molecule has 0 aliphatic carbocycles. The highest BCUT2D eigenvalue weighted by Gasteiger charge is 2.03. The number of likely N-dealkylation sites (N-methyl/N-ethyl adjacent to an activating group) is 1. The van der Waals surface area contributed by atoms with E-state index in [1.165, 1.54) is 0 Å². The third-order valence-corrected chi connectivity index (χ3v) is 2.79. The van der Waals surface area contributed by atoms with Crippen molar-refractivity contribution in [2.45, 2.75) is 20.8 Å². The zero-order chi connectivity index (χ0) is 12.0. The number of hydrogen-bond acceptors (Lipinski definition) is 3. The highest BCUT2D eigenvalue weighted by atomic mass is 35.5. The Kier molecular flexibility index (Phi) is 5.56. The van der Waals surface area contributed by atoms with Crippen LogP contribution in [0.1, 0.15) is 19.4 Å². The van der Waals surface area contributed by atoms with E-state index in [1.54, 1.807) is 12.3 Å². The van der Waals surface area contributed by atoms with Gasteiger partial charge in [-0.15, -0.1) is 0 Å². The molecular weight excluding hydrogens is 224 g/mol. The largest absolute Gasteiger partial charge is 0.492 e. The van der Waals surface area contributed by atoms with Gasteiger partial charge < -0.3 is 9.64 Å². The van der Waals surface area contributed by atoms with Crippen LogP contribution in [0.15, 0.2) is 12.3 Å². The van der Waals surface area contributed by atoms with E-state index in [0.717, 1.165) is 30.9 Å². The molecule has 16 heavy (non-hydrogen) atoms. The van der Waals surface area contributed by atoms with Gasteiger partial charge in [-0.05, 0) is 20.0 Å². The molecule has 1 aromatic rings. The molecule has 0 aliphatic heterocycles. The second-order valence-corrected chi connectivity index (χ2v) is 4.04. The van der Waals surface area contributed by atoms with Crippen LogP contribution < -0.4 is 4.74 Å². The fourth-order valence-electron chi connectivity index (χ4n) is 1.46. The number of aromatic nitrogens is 1. The smallest absolute Gasteiger partial charge is 0.132 e. The van der Waals surface area contributed by atoms with Crippen molar-refractivity contribution in [1.82, 2.24) is 9.88 Å². The van der Waals surface area contributed by atoms with E-state index >= 15 is 0 Å². The molecule has 0 spiro atoms. The molecule has 90 valence electrons. The minimum Gasteiger partial charge on any atom is -0.492 e. The summed E-state index contributed by atoms with van der Waals surface area (Å²) in [6, 6.07) is 1.76. The van der Waals surface area contributed by atoms with Crippen molar-refractivity contribution < 1.29 is 4.74 Å². The molecule has 0 radical (unpaired) electrons. The third kappa shape index (κ3) is 3.99. The normalized spacial score (nSPS) is 10.8. The van der Waals surface area contributed by atoms with Crippen LogP contribution in [-0.2, 0) is 0 Å². The van der Waals surface area contributed by atoms with Gasteiger partial charge in [-0.1, -0.05) is 25.4 Å². The van der Waals surface area contributed by atoms with Crippen molar-refractivity contribution in [3.8, 4) is 5.75 Å². The molecule has 1 heterocycles. The number of ether oxygens (including phenoxy) is 1. The second-order valence-electron chi connectivity index (χ2n) is 3.65. The predicted molar refractivity (Wildman–Crippen MR) is 67.3 cm³/mol. The maximum atomic E-state index is 5.81. The summed E-state index contributed by atoms with van der Waals surface area (Å²) in [4.78, 5) is 6.31. The minimum atomic E-state index is 0.475. The summed E-state index contributed by atoms with van der Waals surface area (Å²) >= 11 is 5.81. The van der Waals surface area contributed by atoms with Crippen molar-refractivity contribution in [1.29, 1.82) is 0 Å². The van der Waals surface area contributed by atoms with Crippen LogP contribution in [0.3, 0.4) is 0 Å². The molecule has 1 rings (SSSR count). The number of halogens is 1. The zero-order valence-corrected chi connectivity index (χ0v) is 10.9. The van der Waals surface area contributed by atoms with Crippen LogP contribution in [-0.4, -0.2) is 36.1 Å². The van der Waals surface area contributed by atoms with E-state index in [0.29, 0.717) is 11.8 Å². The summed E-state index contributed by atoms with van der Waals surface area (Å²) in [5.74, 6) is 0.826. The first-order valence-corrected chi connectivity index (χ1v) is 6.02. The summed E-state index contributed by atoms with van der Waals surface area (Å²) in [6.45, 7) is 9.99. The summed E-state index contributed by atoms with van der Waals surface area (Å²) in [5.41, 5.74) is 1.02. The number of aryl methyl sites for hydroxylation is 1. The van der Waals surface area contributed by atoms with Gasteiger partial charge in [-0.2, -0.15) is 0 Å². The highest BCUT2D eigenvalue weighted by molar-refractivity contribution is 6.29. The molecule has 3 nitrogen and oxygen atoms in total. The van der Waals surface area contributed by atoms with E-state index in [2.05, 4.69) is 23.7 Å². The first kappa shape index (κ1) is 13.3. The Morgan fingerprint density at radius 2 is 2.06 bits per heavy atom. The molecule has 0 saturated heterocycles. The molecule has 4 heteroatoms. The lowest BCUT2D eigenvalue weighted by molar-refractivity contribution is 0.222. The highest BCUT2D eigenvalue weighted by Crippen LogP contribution is 2.19. The minimum absolute atomic E-state index is 0.475. The first-order chi connectivity index (χ1) is 7.67. The van der Waals surface area contributed by atoms with E-state index in [4.69, 9.17) is 16.3 Å². The van der Waals surface area contributed by atoms with Crippen molar-refractivity contribution in [3.63, 3.8) is 0 Å². The predicted octanol–water partition coefficient (Wildman–Crippen LogP) is 2.76. The maximum absolute atomic E-state index is 5.81. The molecule has 0 fully saturated rings. The number of pyridine rings is 1. The van der Waals surface area contributed by atoms with Crippen molar-refractivity contribution >= 4 is 11.6 Å². The fourth-order valence-corrected chi connectivity index (χ4v) is 1.61. The topological polar surface area (TPSA) is 25.4 Å². The lowest BCUT2D eigenvalue weighted by Crippen LogP contribution is -2.28. The fraction of sp³-hybridized carbons (Fsp3) is 0.583. The molecule has 1 aromatic heterocycles. The van der Waals surface area contributed by atoms with Crippen LogP contribution in [0.2, 0.25) is 5.15 Å². The Morgan fingerprint density at radius 1 is 1.38 bits per heavy atom. The van der Waals surface area contributed by atoms with Crippen LogP contribution in [0.5, 0.6) is 5.75 Å². The number of rotatable bonds is 6. The molecule has 0 aromatic carbocycles. The van der Waals surface area contributed by atoms with Gasteiger partial charge in [-0.3, -0.25) is 0 Å². The van der Waals surface area contributed by atoms with Crippen LogP contribution in [0.4, 0.5) is 0 Å². The van der Waals surface area contributed by atoms with Gasteiger partial charge in [0.15, 0.2) is 0 Å². The average molecular weight is 243 g/mol. The summed E-state index contributed by atoms with van der Waals surface area (Å²) in [7, 11) is 0. The molecule has 0 atom stereocenters. The van der Waals surface area contributed by atoms with Gasteiger partial charge in [0.05, 0.1) is 0 Å². The Balaban J connectivity index is 2.45. The molecule has 0 N–H and O–H groups in total. The molecule has 0 unspecified atom stereocenters. The summed E-state index contributed by atoms with van der Waals surface area (Å²) in [5, 5.41) is 0.475.